The molecule has 0 heterocycles. The summed E-state index contributed by atoms with van der Waals surface area (Å²) in [6, 6.07) is 0. The molecule has 0 saturated heterocycles. The van der Waals surface area contributed by atoms with E-state index >= 15 is 0 Å². The van der Waals surface area contributed by atoms with Crippen LogP contribution in [0.2, 0.25) is 0 Å². The van der Waals surface area contributed by atoms with Crippen molar-refractivity contribution in [3.8, 4) is 0 Å². The first-order chi connectivity index (χ1) is 9.24. The smallest absolute Gasteiger partial charge is 0.305 e. The van der Waals surface area contributed by atoms with Crippen LogP contribution >= 0.6 is 0 Å². The Morgan fingerprint density at radius 1 is 1.25 bits per heavy atom. The number of carbonyl (C=O) groups excluding carboxylic acids is 1. The number of hydrogen-bond donors (Lipinski definition) is 2. The molecule has 1 amide bonds. The number of rotatable bonds is 7. The van der Waals surface area contributed by atoms with E-state index < -0.39 is 11.5 Å². The molecule has 1 rings (SSSR count). The van der Waals surface area contributed by atoms with Gasteiger partial charge in [-0.15, -0.1) is 0 Å². The molecule has 0 aliphatic heterocycles. The molecule has 1 saturated carbocycles. The Kier molecular flexibility index (Phi) is 6.03. The highest BCUT2D eigenvalue weighted by Crippen LogP contribution is 2.31. The Labute approximate surface area is 122 Å². The summed E-state index contributed by atoms with van der Waals surface area (Å²) >= 11 is 0. The topological polar surface area (TPSA) is 66.4 Å². The Morgan fingerprint density at radius 3 is 2.25 bits per heavy atom. The zero-order valence-electron chi connectivity index (χ0n) is 13.2. The molecule has 0 aromatic carbocycles. The standard InChI is InChI=1S/C16H29NO3/c1-11(2)16(4,10-14(18)19)17-15(20)12(3)9-13-7-5-6-8-13/h11-13H,5-10H2,1-4H3,(H,17,20)(H,18,19). The van der Waals surface area contributed by atoms with E-state index in [9.17, 15) is 9.59 Å². The molecular formula is C16H29NO3. The van der Waals surface area contributed by atoms with Gasteiger partial charge in [-0.1, -0.05) is 46.5 Å². The Bertz CT molecular complexity index is 348. The Morgan fingerprint density at radius 2 is 1.80 bits per heavy atom. The second kappa shape index (κ2) is 7.09. The average Bonchev–Trinajstić information content (AvgIpc) is 2.80. The second-order valence-corrected chi connectivity index (χ2v) is 6.92. The number of amides is 1. The summed E-state index contributed by atoms with van der Waals surface area (Å²) in [5.41, 5.74) is -0.674. The van der Waals surface area contributed by atoms with Crippen molar-refractivity contribution < 1.29 is 14.7 Å². The molecule has 0 radical (unpaired) electrons. The van der Waals surface area contributed by atoms with Crippen molar-refractivity contribution in [3.05, 3.63) is 0 Å². The van der Waals surface area contributed by atoms with Crippen LogP contribution in [0.1, 0.15) is 66.2 Å². The van der Waals surface area contributed by atoms with Crippen molar-refractivity contribution >= 4 is 11.9 Å². The van der Waals surface area contributed by atoms with Gasteiger partial charge in [-0.25, -0.2) is 0 Å². The van der Waals surface area contributed by atoms with Gasteiger partial charge in [0.1, 0.15) is 0 Å². The monoisotopic (exact) mass is 283 g/mol. The third-order valence-corrected chi connectivity index (χ3v) is 4.81. The highest BCUT2D eigenvalue weighted by Gasteiger charge is 2.34. The van der Waals surface area contributed by atoms with Crippen molar-refractivity contribution in [3.63, 3.8) is 0 Å². The third kappa shape index (κ3) is 4.80. The van der Waals surface area contributed by atoms with Crippen molar-refractivity contribution in [1.82, 2.24) is 5.32 Å². The van der Waals surface area contributed by atoms with Gasteiger partial charge in [0.25, 0.3) is 0 Å². The molecule has 2 N–H and O–H groups in total. The molecule has 116 valence electrons. The highest BCUT2D eigenvalue weighted by atomic mass is 16.4. The molecule has 2 unspecified atom stereocenters. The Balaban J connectivity index is 2.58. The van der Waals surface area contributed by atoms with Crippen molar-refractivity contribution in [1.29, 1.82) is 0 Å². The molecule has 0 aromatic rings. The minimum Gasteiger partial charge on any atom is -0.481 e. The fourth-order valence-corrected chi connectivity index (χ4v) is 2.96. The fourth-order valence-electron chi connectivity index (χ4n) is 2.96. The van der Waals surface area contributed by atoms with Crippen LogP contribution < -0.4 is 5.32 Å². The summed E-state index contributed by atoms with van der Waals surface area (Å²) in [6.07, 6.45) is 5.91. The summed E-state index contributed by atoms with van der Waals surface area (Å²) in [5, 5.41) is 12.0. The van der Waals surface area contributed by atoms with Gasteiger partial charge in [-0.2, -0.15) is 0 Å². The lowest BCUT2D eigenvalue weighted by molar-refractivity contribution is -0.139. The quantitative estimate of drug-likeness (QED) is 0.754. The fraction of sp³-hybridized carbons (Fsp3) is 0.875. The van der Waals surface area contributed by atoms with Gasteiger partial charge in [0.05, 0.1) is 6.42 Å². The maximum absolute atomic E-state index is 12.3. The minimum absolute atomic E-state index is 0.00523. The number of carboxylic acid groups (broad SMARTS) is 1. The van der Waals surface area contributed by atoms with E-state index in [1.807, 2.05) is 27.7 Å². The normalized spacial score (nSPS) is 20.6. The van der Waals surface area contributed by atoms with Gasteiger partial charge in [-0.3, -0.25) is 9.59 Å². The van der Waals surface area contributed by atoms with Gasteiger partial charge < -0.3 is 10.4 Å². The maximum atomic E-state index is 12.3. The van der Waals surface area contributed by atoms with Crippen LogP contribution in [0.4, 0.5) is 0 Å². The number of carboxylic acids is 1. The lowest BCUT2D eigenvalue weighted by atomic mass is 9.84. The molecule has 1 fully saturated rings. The number of aliphatic carboxylic acids is 1. The molecule has 0 spiro atoms. The summed E-state index contributed by atoms with van der Waals surface area (Å²) in [7, 11) is 0. The van der Waals surface area contributed by atoms with Gasteiger partial charge in [-0.05, 0) is 25.2 Å². The van der Waals surface area contributed by atoms with Crippen molar-refractivity contribution in [2.45, 2.75) is 71.8 Å². The summed E-state index contributed by atoms with van der Waals surface area (Å²) in [4.78, 5) is 23.3. The molecule has 0 aromatic heterocycles. The van der Waals surface area contributed by atoms with Crippen LogP contribution in [-0.4, -0.2) is 22.5 Å². The predicted molar refractivity (Wildman–Crippen MR) is 79.4 cm³/mol. The van der Waals surface area contributed by atoms with Crippen LogP contribution in [0.3, 0.4) is 0 Å². The molecule has 1 aliphatic rings. The molecule has 0 bridgehead atoms. The number of hydrogen-bond acceptors (Lipinski definition) is 2. The van der Waals surface area contributed by atoms with E-state index in [0.29, 0.717) is 5.92 Å². The predicted octanol–water partition coefficient (Wildman–Crippen LogP) is 3.21. The van der Waals surface area contributed by atoms with E-state index in [4.69, 9.17) is 5.11 Å². The lowest BCUT2D eigenvalue weighted by Gasteiger charge is -2.34. The second-order valence-electron chi connectivity index (χ2n) is 6.92. The molecule has 2 atom stereocenters. The SMILES string of the molecule is CC(CC1CCCC1)C(=O)NC(C)(CC(=O)O)C(C)C. The van der Waals surface area contributed by atoms with Crippen molar-refractivity contribution in [2.75, 3.05) is 0 Å². The molecule has 4 nitrogen and oxygen atoms in total. The third-order valence-electron chi connectivity index (χ3n) is 4.81. The van der Waals surface area contributed by atoms with E-state index in [1.165, 1.54) is 25.7 Å². The summed E-state index contributed by atoms with van der Waals surface area (Å²) in [6.45, 7) is 7.68. The van der Waals surface area contributed by atoms with Crippen LogP contribution in [-0.2, 0) is 9.59 Å². The minimum atomic E-state index is -0.870. The average molecular weight is 283 g/mol. The van der Waals surface area contributed by atoms with E-state index in [1.54, 1.807) is 0 Å². The summed E-state index contributed by atoms with van der Waals surface area (Å²) < 4.78 is 0. The molecule has 1 aliphatic carbocycles. The number of nitrogens with one attached hydrogen (secondary N) is 1. The van der Waals surface area contributed by atoms with Crippen LogP contribution in [0, 0.1) is 17.8 Å². The van der Waals surface area contributed by atoms with E-state index in [0.717, 1.165) is 6.42 Å². The van der Waals surface area contributed by atoms with Crippen LogP contribution in [0.5, 0.6) is 0 Å². The first-order valence-corrected chi connectivity index (χ1v) is 7.78. The van der Waals surface area contributed by atoms with Gasteiger partial charge in [0.2, 0.25) is 5.91 Å². The van der Waals surface area contributed by atoms with E-state index in [-0.39, 0.29) is 24.2 Å². The maximum Gasteiger partial charge on any atom is 0.305 e. The van der Waals surface area contributed by atoms with Gasteiger partial charge >= 0.3 is 5.97 Å². The van der Waals surface area contributed by atoms with Gasteiger partial charge in [0, 0.05) is 11.5 Å². The van der Waals surface area contributed by atoms with Crippen LogP contribution in [0.25, 0.3) is 0 Å². The largest absolute Gasteiger partial charge is 0.481 e. The zero-order valence-corrected chi connectivity index (χ0v) is 13.2. The summed E-state index contributed by atoms with van der Waals surface area (Å²) in [5.74, 6) is -0.161. The first kappa shape index (κ1) is 17.0. The molecule has 4 heteroatoms. The lowest BCUT2D eigenvalue weighted by Crippen LogP contribution is -2.52. The first-order valence-electron chi connectivity index (χ1n) is 7.78. The molecule has 20 heavy (non-hydrogen) atoms. The zero-order chi connectivity index (χ0) is 15.3. The van der Waals surface area contributed by atoms with E-state index in [2.05, 4.69) is 5.32 Å². The highest BCUT2D eigenvalue weighted by molar-refractivity contribution is 5.80. The Hall–Kier alpha value is -1.06. The van der Waals surface area contributed by atoms with Crippen molar-refractivity contribution in [2.24, 2.45) is 17.8 Å². The van der Waals surface area contributed by atoms with Crippen LogP contribution in [0.15, 0.2) is 0 Å². The molecular weight excluding hydrogens is 254 g/mol. The number of carbonyl (C=O) groups is 2. The van der Waals surface area contributed by atoms with Gasteiger partial charge in [0.15, 0.2) is 0 Å².